The Morgan fingerprint density at radius 2 is 2.12 bits per heavy atom. The Kier molecular flexibility index (Phi) is 4.34. The van der Waals surface area contributed by atoms with E-state index in [-0.39, 0.29) is 6.10 Å². The van der Waals surface area contributed by atoms with Gasteiger partial charge in [0.05, 0.1) is 6.10 Å². The maximum absolute atomic E-state index is 9.55. The van der Waals surface area contributed by atoms with Gasteiger partial charge in [-0.05, 0) is 47.8 Å². The van der Waals surface area contributed by atoms with E-state index in [1.54, 1.807) is 12.4 Å². The zero-order chi connectivity index (χ0) is 11.4. The summed E-state index contributed by atoms with van der Waals surface area (Å²) in [7, 11) is 0. The van der Waals surface area contributed by atoms with Gasteiger partial charge in [-0.3, -0.25) is 0 Å². The first-order valence-electron chi connectivity index (χ1n) is 5.63. The summed E-state index contributed by atoms with van der Waals surface area (Å²) in [6, 6.07) is 0. The summed E-state index contributed by atoms with van der Waals surface area (Å²) >= 11 is 2.18. The second-order valence-corrected chi connectivity index (χ2v) is 5.54. The average Bonchev–Trinajstić information content (AvgIpc) is 2.28. The molecule has 1 aliphatic rings. The van der Waals surface area contributed by atoms with Gasteiger partial charge in [0.2, 0.25) is 5.95 Å². The third kappa shape index (κ3) is 3.55. The minimum absolute atomic E-state index is 0.113. The van der Waals surface area contributed by atoms with E-state index in [0.29, 0.717) is 11.9 Å². The van der Waals surface area contributed by atoms with Crippen LogP contribution in [0.5, 0.6) is 0 Å². The van der Waals surface area contributed by atoms with E-state index < -0.39 is 0 Å². The molecule has 2 unspecified atom stereocenters. The number of hydrogen-bond donors (Lipinski definition) is 2. The first-order valence-corrected chi connectivity index (χ1v) is 6.71. The van der Waals surface area contributed by atoms with E-state index in [2.05, 4.69) is 37.9 Å². The van der Waals surface area contributed by atoms with Gasteiger partial charge in [-0.15, -0.1) is 0 Å². The van der Waals surface area contributed by atoms with E-state index >= 15 is 0 Å². The highest BCUT2D eigenvalue weighted by Gasteiger charge is 2.19. The summed E-state index contributed by atoms with van der Waals surface area (Å²) in [5, 5.41) is 12.8. The van der Waals surface area contributed by atoms with Crippen molar-refractivity contribution in [2.75, 3.05) is 11.9 Å². The lowest BCUT2D eigenvalue weighted by Gasteiger charge is -2.25. The zero-order valence-electron chi connectivity index (χ0n) is 9.06. The summed E-state index contributed by atoms with van der Waals surface area (Å²) in [4.78, 5) is 8.38. The fraction of sp³-hybridized carbons (Fsp3) is 0.636. The van der Waals surface area contributed by atoms with Crippen LogP contribution in [0.1, 0.15) is 25.7 Å². The Hall–Kier alpha value is -0.430. The van der Waals surface area contributed by atoms with Gasteiger partial charge in [-0.1, -0.05) is 6.42 Å². The zero-order valence-corrected chi connectivity index (χ0v) is 11.2. The molecule has 0 bridgehead atoms. The van der Waals surface area contributed by atoms with Crippen LogP contribution in [-0.4, -0.2) is 27.7 Å². The normalized spacial score (nSPS) is 25.4. The third-order valence-corrected chi connectivity index (χ3v) is 3.48. The molecule has 88 valence electrons. The summed E-state index contributed by atoms with van der Waals surface area (Å²) < 4.78 is 1.04. The van der Waals surface area contributed by atoms with Gasteiger partial charge >= 0.3 is 0 Å². The first-order chi connectivity index (χ1) is 7.74. The molecule has 1 fully saturated rings. The minimum Gasteiger partial charge on any atom is -0.393 e. The SMILES string of the molecule is OC1CCCC(CNc2ncc(I)cn2)C1. The molecule has 2 rings (SSSR count). The largest absolute Gasteiger partial charge is 0.393 e. The Bertz CT molecular complexity index is 331. The number of hydrogen-bond acceptors (Lipinski definition) is 4. The molecule has 1 heterocycles. The number of nitrogens with zero attached hydrogens (tertiary/aromatic N) is 2. The fourth-order valence-electron chi connectivity index (χ4n) is 2.09. The molecule has 0 saturated heterocycles. The summed E-state index contributed by atoms with van der Waals surface area (Å²) in [5.74, 6) is 1.23. The molecule has 16 heavy (non-hydrogen) atoms. The molecular formula is C11H16IN3O. The van der Waals surface area contributed by atoms with Crippen LogP contribution in [-0.2, 0) is 0 Å². The number of aliphatic hydroxyl groups excluding tert-OH is 1. The van der Waals surface area contributed by atoms with Crippen molar-refractivity contribution in [2.24, 2.45) is 5.92 Å². The number of anilines is 1. The van der Waals surface area contributed by atoms with Gasteiger partial charge < -0.3 is 10.4 Å². The topological polar surface area (TPSA) is 58.0 Å². The lowest BCUT2D eigenvalue weighted by molar-refractivity contribution is 0.104. The highest BCUT2D eigenvalue weighted by molar-refractivity contribution is 14.1. The smallest absolute Gasteiger partial charge is 0.222 e. The van der Waals surface area contributed by atoms with Crippen molar-refractivity contribution in [1.82, 2.24) is 9.97 Å². The Morgan fingerprint density at radius 1 is 1.38 bits per heavy atom. The number of rotatable bonds is 3. The fourth-order valence-corrected chi connectivity index (χ4v) is 2.37. The predicted molar refractivity (Wildman–Crippen MR) is 71.2 cm³/mol. The summed E-state index contributed by atoms with van der Waals surface area (Å²) in [6.45, 7) is 0.859. The van der Waals surface area contributed by atoms with Crippen molar-refractivity contribution < 1.29 is 5.11 Å². The molecule has 0 aromatic carbocycles. The standard InChI is InChI=1S/C11H16IN3O/c12-9-6-14-11(15-7-9)13-5-8-2-1-3-10(16)4-8/h6-8,10,16H,1-5H2,(H,13,14,15). The van der Waals surface area contributed by atoms with Crippen LogP contribution < -0.4 is 5.32 Å². The summed E-state index contributed by atoms with van der Waals surface area (Å²) in [5.41, 5.74) is 0. The average molecular weight is 333 g/mol. The summed E-state index contributed by atoms with van der Waals surface area (Å²) in [6.07, 6.45) is 7.65. The van der Waals surface area contributed by atoms with E-state index in [4.69, 9.17) is 0 Å². The van der Waals surface area contributed by atoms with Crippen molar-refractivity contribution in [3.63, 3.8) is 0 Å². The predicted octanol–water partition coefficient (Wildman–Crippen LogP) is 2.04. The lowest BCUT2D eigenvalue weighted by Crippen LogP contribution is -2.25. The van der Waals surface area contributed by atoms with Crippen LogP contribution in [0.25, 0.3) is 0 Å². The number of halogens is 1. The van der Waals surface area contributed by atoms with Crippen LogP contribution in [0.3, 0.4) is 0 Å². The molecule has 2 N–H and O–H groups in total. The minimum atomic E-state index is -0.113. The molecule has 0 spiro atoms. The van der Waals surface area contributed by atoms with Gasteiger partial charge in [0.25, 0.3) is 0 Å². The van der Waals surface area contributed by atoms with Crippen molar-refractivity contribution in [3.8, 4) is 0 Å². The maximum Gasteiger partial charge on any atom is 0.222 e. The number of aliphatic hydroxyl groups is 1. The van der Waals surface area contributed by atoms with Crippen LogP contribution in [0.15, 0.2) is 12.4 Å². The second kappa shape index (κ2) is 5.77. The number of nitrogens with one attached hydrogen (secondary N) is 1. The monoisotopic (exact) mass is 333 g/mol. The highest BCUT2D eigenvalue weighted by atomic mass is 127. The molecule has 5 heteroatoms. The van der Waals surface area contributed by atoms with Gasteiger partial charge in [-0.2, -0.15) is 0 Å². The Morgan fingerprint density at radius 3 is 2.81 bits per heavy atom. The lowest BCUT2D eigenvalue weighted by atomic mass is 9.87. The third-order valence-electron chi connectivity index (χ3n) is 2.92. The Labute approximate surface area is 109 Å². The van der Waals surface area contributed by atoms with Gasteiger partial charge in [0.15, 0.2) is 0 Å². The first kappa shape index (κ1) is 12.0. The van der Waals surface area contributed by atoms with Gasteiger partial charge in [0, 0.05) is 22.5 Å². The Balaban J connectivity index is 1.80. The van der Waals surface area contributed by atoms with Crippen LogP contribution in [0.2, 0.25) is 0 Å². The van der Waals surface area contributed by atoms with E-state index in [0.717, 1.165) is 29.4 Å². The molecule has 0 amide bonds. The molecular weight excluding hydrogens is 317 g/mol. The van der Waals surface area contributed by atoms with Gasteiger partial charge in [0.1, 0.15) is 0 Å². The quantitative estimate of drug-likeness (QED) is 0.832. The molecule has 1 aromatic rings. The van der Waals surface area contributed by atoms with Crippen molar-refractivity contribution in [3.05, 3.63) is 16.0 Å². The van der Waals surface area contributed by atoms with E-state index in [1.807, 2.05) is 0 Å². The van der Waals surface area contributed by atoms with E-state index in [1.165, 1.54) is 6.42 Å². The molecule has 1 aliphatic carbocycles. The second-order valence-electron chi connectivity index (χ2n) is 4.29. The van der Waals surface area contributed by atoms with Crippen LogP contribution >= 0.6 is 22.6 Å². The molecule has 0 aliphatic heterocycles. The highest BCUT2D eigenvalue weighted by Crippen LogP contribution is 2.24. The molecule has 0 radical (unpaired) electrons. The van der Waals surface area contributed by atoms with Crippen molar-refractivity contribution >= 4 is 28.5 Å². The molecule has 1 saturated carbocycles. The maximum atomic E-state index is 9.55. The number of aromatic nitrogens is 2. The molecule has 2 atom stereocenters. The van der Waals surface area contributed by atoms with Crippen LogP contribution in [0.4, 0.5) is 5.95 Å². The van der Waals surface area contributed by atoms with Crippen molar-refractivity contribution in [2.45, 2.75) is 31.8 Å². The van der Waals surface area contributed by atoms with Crippen LogP contribution in [0, 0.1) is 9.49 Å². The van der Waals surface area contributed by atoms with Gasteiger partial charge in [-0.25, -0.2) is 9.97 Å². The molecule has 1 aromatic heterocycles. The van der Waals surface area contributed by atoms with E-state index in [9.17, 15) is 5.11 Å². The van der Waals surface area contributed by atoms with Crippen molar-refractivity contribution in [1.29, 1.82) is 0 Å². The molecule has 4 nitrogen and oxygen atoms in total.